The topological polar surface area (TPSA) is 78.9 Å². The summed E-state index contributed by atoms with van der Waals surface area (Å²) in [6.45, 7) is 14.5. The summed E-state index contributed by atoms with van der Waals surface area (Å²) in [6.07, 6.45) is 1.93. The number of carbonyl (C=O) groups excluding carboxylic acids is 3. The van der Waals surface area contributed by atoms with Gasteiger partial charge in [-0.15, -0.1) is 0 Å². The molecule has 1 aliphatic carbocycles. The third-order valence-electron chi connectivity index (χ3n) is 6.71. The molecule has 3 atom stereocenters. The zero-order valence-electron chi connectivity index (χ0n) is 17.9. The molecular weight excluding hydrogens is 348 g/mol. The highest BCUT2D eigenvalue weighted by Crippen LogP contribution is 2.45. The first-order chi connectivity index (χ1) is 12.2. The van der Waals surface area contributed by atoms with Crippen LogP contribution in [0.4, 0.5) is 0 Å². The van der Waals surface area contributed by atoms with Crippen molar-refractivity contribution in [1.82, 2.24) is 0 Å². The first kappa shape index (κ1) is 21.7. The Bertz CT molecular complexity index is 627. The van der Waals surface area contributed by atoms with Crippen LogP contribution < -0.4 is 0 Å². The van der Waals surface area contributed by atoms with Crippen molar-refractivity contribution < 1.29 is 28.6 Å². The lowest BCUT2D eigenvalue weighted by atomic mass is 9.69. The summed E-state index contributed by atoms with van der Waals surface area (Å²) >= 11 is 0. The van der Waals surface area contributed by atoms with E-state index in [4.69, 9.17) is 14.2 Å². The van der Waals surface area contributed by atoms with E-state index in [0.717, 1.165) is 0 Å². The molecular formula is C21H34O6. The minimum atomic E-state index is -1.43. The number of fused-ring (bicyclic) bond motifs is 2. The lowest BCUT2D eigenvalue weighted by molar-refractivity contribution is -0.207. The number of rotatable bonds is 5. The highest BCUT2D eigenvalue weighted by Gasteiger charge is 2.55. The van der Waals surface area contributed by atoms with Crippen molar-refractivity contribution in [1.29, 1.82) is 0 Å². The van der Waals surface area contributed by atoms with E-state index in [-0.39, 0.29) is 17.3 Å². The molecule has 0 radical (unpaired) electrons. The van der Waals surface area contributed by atoms with Crippen LogP contribution in [0, 0.1) is 16.7 Å². The Hall–Kier alpha value is -1.59. The standard InChI is InChI=1S/C21H34O6/c1-9-21(11-10-13-12-14(21)25-15(13)22)27-17(24)20(7,8)26-16(23)19(5,6)18(2,3)4/h13-14H,9-12H2,1-8H3. The largest absolute Gasteiger partial charge is 0.458 e. The van der Waals surface area contributed by atoms with Gasteiger partial charge in [-0.1, -0.05) is 27.7 Å². The molecule has 2 aliphatic rings. The van der Waals surface area contributed by atoms with Gasteiger partial charge in [-0.25, -0.2) is 4.79 Å². The Morgan fingerprint density at radius 3 is 2.22 bits per heavy atom. The summed E-state index contributed by atoms with van der Waals surface area (Å²) in [6, 6.07) is 0. The predicted octanol–water partition coefficient (Wildman–Crippen LogP) is 3.80. The predicted molar refractivity (Wildman–Crippen MR) is 99.7 cm³/mol. The van der Waals surface area contributed by atoms with Gasteiger partial charge in [0.15, 0.2) is 0 Å². The SMILES string of the molecule is CCC1(OC(=O)C(C)(C)OC(=O)C(C)(C)C(C)(C)C)CCC2CC1OC2=O. The lowest BCUT2D eigenvalue weighted by Gasteiger charge is -2.42. The zero-order chi connectivity index (χ0) is 20.8. The third-order valence-corrected chi connectivity index (χ3v) is 6.71. The molecule has 1 heterocycles. The van der Waals surface area contributed by atoms with Crippen LogP contribution in [0.2, 0.25) is 0 Å². The normalized spacial score (nSPS) is 28.5. The van der Waals surface area contributed by atoms with E-state index in [1.54, 1.807) is 13.8 Å². The van der Waals surface area contributed by atoms with E-state index in [1.165, 1.54) is 0 Å². The van der Waals surface area contributed by atoms with Crippen LogP contribution in [0.25, 0.3) is 0 Å². The van der Waals surface area contributed by atoms with Crippen molar-refractivity contribution in [2.45, 2.75) is 98.4 Å². The summed E-state index contributed by atoms with van der Waals surface area (Å²) in [5.74, 6) is -1.35. The molecule has 0 spiro atoms. The summed E-state index contributed by atoms with van der Waals surface area (Å²) in [7, 11) is 0. The van der Waals surface area contributed by atoms with Crippen LogP contribution in [0.5, 0.6) is 0 Å². The molecule has 2 rings (SSSR count). The number of hydrogen-bond acceptors (Lipinski definition) is 6. The van der Waals surface area contributed by atoms with Gasteiger partial charge in [-0.05, 0) is 52.4 Å². The van der Waals surface area contributed by atoms with Crippen LogP contribution in [0.15, 0.2) is 0 Å². The van der Waals surface area contributed by atoms with Gasteiger partial charge < -0.3 is 14.2 Å². The molecule has 1 saturated carbocycles. The van der Waals surface area contributed by atoms with Gasteiger partial charge in [0.05, 0.1) is 11.3 Å². The Kier molecular flexibility index (Phi) is 5.45. The van der Waals surface area contributed by atoms with Crippen LogP contribution in [-0.4, -0.2) is 35.2 Å². The summed E-state index contributed by atoms with van der Waals surface area (Å²) in [4.78, 5) is 37.5. The van der Waals surface area contributed by atoms with Crippen molar-refractivity contribution in [3.8, 4) is 0 Å². The van der Waals surface area contributed by atoms with E-state index in [9.17, 15) is 14.4 Å². The van der Waals surface area contributed by atoms with Gasteiger partial charge in [0.25, 0.3) is 0 Å². The van der Waals surface area contributed by atoms with Crippen molar-refractivity contribution in [2.75, 3.05) is 0 Å². The van der Waals surface area contributed by atoms with E-state index in [0.29, 0.717) is 25.7 Å². The molecule has 2 bridgehead atoms. The first-order valence-electron chi connectivity index (χ1n) is 9.84. The summed E-state index contributed by atoms with van der Waals surface area (Å²) < 4.78 is 16.9. The fraction of sp³-hybridized carbons (Fsp3) is 0.857. The van der Waals surface area contributed by atoms with Crippen LogP contribution >= 0.6 is 0 Å². The first-order valence-corrected chi connectivity index (χ1v) is 9.84. The van der Waals surface area contributed by atoms with E-state index in [2.05, 4.69) is 0 Å². The minimum absolute atomic E-state index is 0.0909. The van der Waals surface area contributed by atoms with E-state index in [1.807, 2.05) is 41.5 Å². The number of hydrogen-bond donors (Lipinski definition) is 0. The molecule has 0 aromatic heterocycles. The maximum absolute atomic E-state index is 12.9. The van der Waals surface area contributed by atoms with Crippen LogP contribution in [0.3, 0.4) is 0 Å². The lowest BCUT2D eigenvalue weighted by Crippen LogP contribution is -2.53. The number of ether oxygens (including phenoxy) is 3. The zero-order valence-corrected chi connectivity index (χ0v) is 17.9. The fourth-order valence-corrected chi connectivity index (χ4v) is 3.38. The molecule has 0 aromatic rings. The average Bonchev–Trinajstić information content (AvgIpc) is 2.85. The Morgan fingerprint density at radius 1 is 1.11 bits per heavy atom. The molecule has 0 amide bonds. The maximum atomic E-state index is 12.9. The van der Waals surface area contributed by atoms with Gasteiger partial charge in [0.1, 0.15) is 11.7 Å². The van der Waals surface area contributed by atoms with E-state index >= 15 is 0 Å². The average molecular weight is 382 g/mol. The molecule has 6 heteroatoms. The van der Waals surface area contributed by atoms with Gasteiger partial charge in [-0.2, -0.15) is 0 Å². The highest BCUT2D eigenvalue weighted by atomic mass is 16.6. The summed E-state index contributed by atoms with van der Waals surface area (Å²) in [5, 5.41) is 0. The monoisotopic (exact) mass is 382 g/mol. The minimum Gasteiger partial charge on any atom is -0.458 e. The smallest absolute Gasteiger partial charge is 0.350 e. The second kappa shape index (κ2) is 6.78. The van der Waals surface area contributed by atoms with Gasteiger partial charge in [0.2, 0.25) is 5.60 Å². The molecule has 27 heavy (non-hydrogen) atoms. The molecule has 6 nitrogen and oxygen atoms in total. The van der Waals surface area contributed by atoms with Gasteiger partial charge >= 0.3 is 17.9 Å². The second-order valence-corrected chi connectivity index (χ2v) is 9.98. The molecule has 2 fully saturated rings. The Morgan fingerprint density at radius 2 is 1.70 bits per heavy atom. The van der Waals surface area contributed by atoms with Crippen molar-refractivity contribution in [3.63, 3.8) is 0 Å². The Balaban J connectivity index is 2.13. The van der Waals surface area contributed by atoms with Crippen molar-refractivity contribution >= 4 is 17.9 Å². The molecule has 1 saturated heterocycles. The van der Waals surface area contributed by atoms with E-state index < -0.39 is 34.7 Å². The Labute approximate surface area is 162 Å². The quantitative estimate of drug-likeness (QED) is 0.532. The van der Waals surface area contributed by atoms with Crippen molar-refractivity contribution in [2.24, 2.45) is 16.7 Å². The number of carbonyl (C=O) groups is 3. The molecule has 0 aromatic carbocycles. The third kappa shape index (κ3) is 3.85. The fourth-order valence-electron chi connectivity index (χ4n) is 3.38. The highest BCUT2D eigenvalue weighted by molar-refractivity contribution is 5.85. The molecule has 3 unspecified atom stereocenters. The van der Waals surface area contributed by atoms with Crippen molar-refractivity contribution in [3.05, 3.63) is 0 Å². The van der Waals surface area contributed by atoms with Gasteiger partial charge in [-0.3, -0.25) is 9.59 Å². The molecule has 154 valence electrons. The van der Waals surface area contributed by atoms with Crippen LogP contribution in [-0.2, 0) is 28.6 Å². The molecule has 1 aliphatic heterocycles. The van der Waals surface area contributed by atoms with Crippen LogP contribution in [0.1, 0.15) is 81.1 Å². The molecule has 0 N–H and O–H groups in total. The summed E-state index contributed by atoms with van der Waals surface area (Å²) in [5.41, 5.74) is -3.37. The van der Waals surface area contributed by atoms with Gasteiger partial charge in [0, 0.05) is 6.42 Å². The number of esters is 3. The maximum Gasteiger partial charge on any atom is 0.350 e. The second-order valence-electron chi connectivity index (χ2n) is 9.98.